The quantitative estimate of drug-likeness (QED) is 0.142. The van der Waals surface area contributed by atoms with E-state index in [1.807, 2.05) is 54.9 Å². The molecule has 0 bridgehead atoms. The molecule has 11 rings (SSSR count). The van der Waals surface area contributed by atoms with Crippen molar-refractivity contribution in [3.05, 3.63) is 247 Å². The van der Waals surface area contributed by atoms with Gasteiger partial charge in [0.05, 0.1) is 0 Å². The molecule has 0 saturated heterocycles. The molecule has 0 N–H and O–H groups in total. The van der Waals surface area contributed by atoms with Crippen LogP contribution >= 0.6 is 0 Å². The van der Waals surface area contributed by atoms with Crippen LogP contribution in [0.5, 0.6) is 0 Å². The standard InChI is InChI=1S/C41H38N.C34H33N4.Ir/c1-40(2,3)36-18-14-28(15-19-36)33-25-34(29-16-20-37(21-17-29)41(4,5)6)27-35(26-33)31-11-9-12-32(24-31)39-38-13-8-7-10-30(38)22-23-42-39;1-33(2,3)27-17-12-24(13-18-27)30-36-31(25-14-19-28(20-15-25)34(4,5)6)38-32(37-30)26-16-21-29(35-22-26)23-10-8-7-9-11-23;/h7-11,13-27H,1-6H3;7-10,12-22H,1-6H3;/q2*-1;. The van der Waals surface area contributed by atoms with Crippen LogP contribution in [-0.2, 0) is 41.8 Å². The van der Waals surface area contributed by atoms with E-state index in [1.165, 1.54) is 55.5 Å². The number of rotatable bonds is 8. The summed E-state index contributed by atoms with van der Waals surface area (Å²) in [4.78, 5) is 24.1. The Morgan fingerprint density at radius 3 is 1.19 bits per heavy atom. The Hall–Kier alpha value is -8.02. The van der Waals surface area contributed by atoms with E-state index in [9.17, 15) is 0 Å². The monoisotopic (exact) mass is 1230 g/mol. The SMILES string of the molecule is CC(C)(C)c1ccc(-c2cc(-c3ccc(C(C)(C)C)cc3)cc(-c3cc[c-]c(-c4nccc5ccccc45)c3)c2)cc1.CC(C)(C)c1ccc(-c2nc(-c3ccc(C(C)(C)C)cc3)nc(-c3ccc(-c4[c-]cccc4)nc3)n2)cc1.[Ir]. The normalized spacial score (nSPS) is 11.9. The van der Waals surface area contributed by atoms with Crippen molar-refractivity contribution in [1.82, 2.24) is 24.9 Å². The van der Waals surface area contributed by atoms with Gasteiger partial charge < -0.3 is 9.97 Å². The average Bonchev–Trinajstić information content (AvgIpc) is 3.48. The van der Waals surface area contributed by atoms with Crippen LogP contribution in [0.3, 0.4) is 0 Å². The summed E-state index contributed by atoms with van der Waals surface area (Å²) in [5.74, 6) is 1.89. The van der Waals surface area contributed by atoms with E-state index in [-0.39, 0.29) is 41.8 Å². The van der Waals surface area contributed by atoms with Gasteiger partial charge in [0.15, 0.2) is 17.5 Å². The molecule has 0 aliphatic heterocycles. The van der Waals surface area contributed by atoms with Crippen LogP contribution in [0.1, 0.15) is 105 Å². The molecule has 1 radical (unpaired) electrons. The van der Waals surface area contributed by atoms with Gasteiger partial charge >= 0.3 is 0 Å². The van der Waals surface area contributed by atoms with Gasteiger partial charge in [-0.05, 0) is 118 Å². The van der Waals surface area contributed by atoms with Gasteiger partial charge in [-0.3, -0.25) is 0 Å². The summed E-state index contributed by atoms with van der Waals surface area (Å²) in [5, 5.41) is 2.32. The molecule has 0 saturated carbocycles. The number of benzene rings is 8. The third-order valence-electron chi connectivity index (χ3n) is 14.8. The maximum atomic E-state index is 4.90. The fourth-order valence-electron chi connectivity index (χ4n) is 9.81. The van der Waals surface area contributed by atoms with Crippen LogP contribution in [-0.4, -0.2) is 24.9 Å². The van der Waals surface area contributed by atoms with Crippen molar-refractivity contribution in [3.8, 4) is 90.1 Å². The third-order valence-corrected chi connectivity index (χ3v) is 14.8. The zero-order valence-electron chi connectivity index (χ0n) is 48.8. The van der Waals surface area contributed by atoms with Crippen molar-refractivity contribution < 1.29 is 20.1 Å². The maximum absolute atomic E-state index is 4.90. The van der Waals surface area contributed by atoms with Crippen molar-refractivity contribution in [3.63, 3.8) is 0 Å². The average molecular weight is 1230 g/mol. The van der Waals surface area contributed by atoms with Gasteiger partial charge in [0, 0.05) is 49.2 Å². The van der Waals surface area contributed by atoms with Crippen LogP contribution < -0.4 is 0 Å². The van der Waals surface area contributed by atoms with Crippen LogP contribution in [0.15, 0.2) is 213 Å². The summed E-state index contributed by atoms with van der Waals surface area (Å²) in [7, 11) is 0. The Morgan fingerprint density at radius 1 is 0.321 bits per heavy atom. The minimum absolute atomic E-state index is 0. The fourth-order valence-corrected chi connectivity index (χ4v) is 9.81. The number of hydrogen-bond donors (Lipinski definition) is 0. The van der Waals surface area contributed by atoms with E-state index in [4.69, 9.17) is 19.9 Å². The van der Waals surface area contributed by atoms with Gasteiger partial charge in [-0.15, -0.1) is 71.3 Å². The minimum atomic E-state index is 0. The number of nitrogens with zero attached hydrogens (tertiary/aromatic N) is 5. The van der Waals surface area contributed by atoms with Gasteiger partial charge in [-0.2, -0.15) is 0 Å². The molecule has 5 nitrogen and oxygen atoms in total. The summed E-state index contributed by atoms with van der Waals surface area (Å²) in [6, 6.07) is 77.5. The topological polar surface area (TPSA) is 64.5 Å². The van der Waals surface area contributed by atoms with Crippen molar-refractivity contribution in [2.24, 2.45) is 0 Å². The van der Waals surface area contributed by atoms with Gasteiger partial charge in [-0.25, -0.2) is 15.0 Å². The van der Waals surface area contributed by atoms with E-state index in [0.29, 0.717) is 17.5 Å². The van der Waals surface area contributed by atoms with Gasteiger partial charge in [0.1, 0.15) is 0 Å². The molecule has 0 fully saturated rings. The molecule has 0 spiro atoms. The van der Waals surface area contributed by atoms with E-state index in [0.717, 1.165) is 50.2 Å². The Kier molecular flexibility index (Phi) is 16.8. The fraction of sp³-hybridized carbons (Fsp3) is 0.213. The molecule has 0 amide bonds. The summed E-state index contributed by atoms with van der Waals surface area (Å²) >= 11 is 0. The second-order valence-electron chi connectivity index (χ2n) is 25.0. The molecule has 81 heavy (non-hydrogen) atoms. The Morgan fingerprint density at radius 2 is 0.741 bits per heavy atom. The first-order valence-corrected chi connectivity index (χ1v) is 27.8. The molecule has 0 unspecified atom stereocenters. The van der Waals surface area contributed by atoms with Gasteiger partial charge in [0.25, 0.3) is 0 Å². The number of aromatic nitrogens is 5. The first-order valence-electron chi connectivity index (χ1n) is 27.8. The van der Waals surface area contributed by atoms with Crippen LogP contribution in [0, 0.1) is 12.1 Å². The zero-order valence-corrected chi connectivity index (χ0v) is 51.2. The molecule has 3 heterocycles. The third kappa shape index (κ3) is 13.6. The Balaban J connectivity index is 0.000000194. The summed E-state index contributed by atoms with van der Waals surface area (Å²) in [6.45, 7) is 26.9. The van der Waals surface area contributed by atoms with E-state index in [2.05, 4.69) is 258 Å². The van der Waals surface area contributed by atoms with Crippen molar-refractivity contribution >= 4 is 10.8 Å². The predicted octanol–water partition coefficient (Wildman–Crippen LogP) is 19.6. The largest absolute Gasteiger partial charge is 0.304 e. The van der Waals surface area contributed by atoms with Crippen LogP contribution in [0.4, 0.5) is 0 Å². The summed E-state index contributed by atoms with van der Waals surface area (Å²) in [5.41, 5.74) is 19.3. The van der Waals surface area contributed by atoms with Gasteiger partial charge in [-0.1, -0.05) is 217 Å². The number of hydrogen-bond acceptors (Lipinski definition) is 5. The molecule has 11 aromatic rings. The molecule has 6 heteroatoms. The summed E-state index contributed by atoms with van der Waals surface area (Å²) < 4.78 is 0. The minimum Gasteiger partial charge on any atom is -0.304 e. The van der Waals surface area contributed by atoms with Crippen molar-refractivity contribution in [2.75, 3.05) is 0 Å². The maximum Gasteiger partial charge on any atom is 0.165 e. The second-order valence-corrected chi connectivity index (χ2v) is 25.0. The van der Waals surface area contributed by atoms with E-state index < -0.39 is 0 Å². The smallest absolute Gasteiger partial charge is 0.165 e. The second kappa shape index (κ2) is 23.6. The van der Waals surface area contributed by atoms with Crippen molar-refractivity contribution in [2.45, 2.75) is 105 Å². The van der Waals surface area contributed by atoms with Crippen LogP contribution in [0.25, 0.3) is 101 Å². The molecular weight excluding hydrogens is 1160 g/mol. The van der Waals surface area contributed by atoms with Crippen molar-refractivity contribution in [1.29, 1.82) is 0 Å². The van der Waals surface area contributed by atoms with Gasteiger partial charge in [0.2, 0.25) is 0 Å². The molecule has 0 aliphatic carbocycles. The molecule has 0 aliphatic rings. The van der Waals surface area contributed by atoms with E-state index in [1.54, 1.807) is 0 Å². The summed E-state index contributed by atoms with van der Waals surface area (Å²) in [6.07, 6.45) is 3.71. The molecule has 0 atom stereocenters. The molecule has 407 valence electrons. The number of pyridine rings is 2. The predicted molar refractivity (Wildman–Crippen MR) is 335 cm³/mol. The molecule has 8 aromatic carbocycles. The molecule has 3 aromatic heterocycles. The van der Waals surface area contributed by atoms with Crippen LogP contribution in [0.2, 0.25) is 0 Å². The first kappa shape index (κ1) is 57.7. The molecular formula is C75H71IrN5-2. The zero-order chi connectivity index (χ0) is 56.4. The first-order chi connectivity index (χ1) is 38.1. The Labute approximate surface area is 494 Å². The Bertz CT molecular complexity index is 3760. The number of fused-ring (bicyclic) bond motifs is 1. The van der Waals surface area contributed by atoms with E-state index >= 15 is 0 Å².